The summed E-state index contributed by atoms with van der Waals surface area (Å²) in [6.45, 7) is 7.04. The van der Waals surface area contributed by atoms with Crippen molar-refractivity contribution in [3.05, 3.63) is 51.7 Å². The molecule has 102 valence electrons. The molecule has 1 heterocycles. The molecule has 1 aromatic carbocycles. The third-order valence-electron chi connectivity index (χ3n) is 2.94. The fourth-order valence-corrected chi connectivity index (χ4v) is 2.90. The van der Waals surface area contributed by atoms with E-state index in [0.717, 1.165) is 18.8 Å². The van der Waals surface area contributed by atoms with Gasteiger partial charge in [-0.25, -0.2) is 0 Å². The topological polar surface area (TPSA) is 21.3 Å². The standard InChI is InChI=1S/C16H21NOS/c1-3-9-17-11-16-10-14(13(2)19-16)12-18-15-7-5-4-6-8-15/h4-8,10,17H,3,9,11-12H2,1-2H3. The van der Waals surface area contributed by atoms with Crippen LogP contribution >= 0.6 is 11.3 Å². The quantitative estimate of drug-likeness (QED) is 0.767. The number of hydrogen-bond donors (Lipinski definition) is 1. The van der Waals surface area contributed by atoms with Crippen LogP contribution in [0.3, 0.4) is 0 Å². The van der Waals surface area contributed by atoms with Crippen molar-refractivity contribution in [2.45, 2.75) is 33.4 Å². The summed E-state index contributed by atoms with van der Waals surface area (Å²) in [6.07, 6.45) is 1.17. The van der Waals surface area contributed by atoms with Gasteiger partial charge in [0.05, 0.1) is 0 Å². The van der Waals surface area contributed by atoms with Crippen LogP contribution in [0.15, 0.2) is 36.4 Å². The molecule has 1 aromatic heterocycles. The fraction of sp³-hybridized carbons (Fsp3) is 0.375. The van der Waals surface area contributed by atoms with Gasteiger partial charge in [0, 0.05) is 21.9 Å². The van der Waals surface area contributed by atoms with Gasteiger partial charge in [-0.3, -0.25) is 0 Å². The van der Waals surface area contributed by atoms with Crippen LogP contribution < -0.4 is 10.1 Å². The SMILES string of the molecule is CCCNCc1cc(COc2ccccc2)c(C)s1. The second-order valence-corrected chi connectivity index (χ2v) is 5.91. The highest BCUT2D eigenvalue weighted by atomic mass is 32.1. The highest BCUT2D eigenvalue weighted by molar-refractivity contribution is 7.12. The molecule has 2 nitrogen and oxygen atoms in total. The maximum Gasteiger partial charge on any atom is 0.119 e. The molecule has 0 radical (unpaired) electrons. The summed E-state index contributed by atoms with van der Waals surface area (Å²) < 4.78 is 5.80. The Hall–Kier alpha value is -1.32. The Labute approximate surface area is 119 Å². The van der Waals surface area contributed by atoms with Gasteiger partial charge in [0.1, 0.15) is 12.4 Å². The lowest BCUT2D eigenvalue weighted by atomic mass is 10.2. The summed E-state index contributed by atoms with van der Waals surface area (Å²) in [5, 5.41) is 3.44. The highest BCUT2D eigenvalue weighted by Gasteiger charge is 2.06. The van der Waals surface area contributed by atoms with Gasteiger partial charge in [0.25, 0.3) is 0 Å². The summed E-state index contributed by atoms with van der Waals surface area (Å²) in [5.41, 5.74) is 1.29. The van der Waals surface area contributed by atoms with Crippen molar-refractivity contribution in [3.63, 3.8) is 0 Å². The molecule has 0 atom stereocenters. The Balaban J connectivity index is 1.90. The average molecular weight is 275 g/mol. The number of ether oxygens (including phenoxy) is 1. The van der Waals surface area contributed by atoms with Crippen molar-refractivity contribution < 1.29 is 4.74 Å². The third-order valence-corrected chi connectivity index (χ3v) is 4.03. The van der Waals surface area contributed by atoms with Crippen LogP contribution in [0, 0.1) is 6.92 Å². The van der Waals surface area contributed by atoms with Gasteiger partial charge in [-0.2, -0.15) is 0 Å². The Bertz CT molecular complexity index is 493. The Morgan fingerprint density at radius 2 is 2.00 bits per heavy atom. The lowest BCUT2D eigenvalue weighted by molar-refractivity contribution is 0.306. The summed E-state index contributed by atoms with van der Waals surface area (Å²) in [5.74, 6) is 0.929. The Kier molecular flexibility index (Phi) is 5.43. The third kappa shape index (κ3) is 4.37. The Morgan fingerprint density at radius 1 is 1.21 bits per heavy atom. The molecule has 1 N–H and O–H groups in total. The van der Waals surface area contributed by atoms with E-state index in [9.17, 15) is 0 Å². The van der Waals surface area contributed by atoms with Gasteiger partial charge in [0.2, 0.25) is 0 Å². The first-order chi connectivity index (χ1) is 9.29. The molecule has 3 heteroatoms. The van der Waals surface area contributed by atoms with E-state index < -0.39 is 0 Å². The molecule has 0 fully saturated rings. The maximum atomic E-state index is 5.80. The summed E-state index contributed by atoms with van der Waals surface area (Å²) in [6, 6.07) is 12.2. The van der Waals surface area contributed by atoms with Crippen LogP contribution in [0.4, 0.5) is 0 Å². The maximum absolute atomic E-state index is 5.80. The highest BCUT2D eigenvalue weighted by Crippen LogP contribution is 2.23. The molecular weight excluding hydrogens is 254 g/mol. The van der Waals surface area contributed by atoms with E-state index in [0.29, 0.717) is 6.61 Å². The summed E-state index contributed by atoms with van der Waals surface area (Å²) in [7, 11) is 0. The number of benzene rings is 1. The zero-order chi connectivity index (χ0) is 13.5. The van der Waals surface area contributed by atoms with Crippen molar-refractivity contribution >= 4 is 11.3 Å². The van der Waals surface area contributed by atoms with Gasteiger partial charge >= 0.3 is 0 Å². The van der Waals surface area contributed by atoms with E-state index in [-0.39, 0.29) is 0 Å². The molecule has 0 spiro atoms. The molecule has 0 aliphatic heterocycles. The molecule has 0 aliphatic carbocycles. The largest absolute Gasteiger partial charge is 0.489 e. The van der Waals surface area contributed by atoms with E-state index in [1.54, 1.807) is 0 Å². The van der Waals surface area contributed by atoms with E-state index in [1.807, 2.05) is 41.7 Å². The number of thiophene rings is 1. The molecule has 0 amide bonds. The molecule has 0 saturated heterocycles. The molecule has 0 unspecified atom stereocenters. The van der Waals surface area contributed by atoms with E-state index >= 15 is 0 Å². The second-order valence-electron chi connectivity index (χ2n) is 4.57. The zero-order valence-corrected chi connectivity index (χ0v) is 12.4. The van der Waals surface area contributed by atoms with Crippen molar-refractivity contribution in [1.29, 1.82) is 0 Å². The molecule has 0 saturated carbocycles. The first-order valence-corrected chi connectivity index (χ1v) is 7.58. The van der Waals surface area contributed by atoms with Crippen molar-refractivity contribution in [1.82, 2.24) is 5.32 Å². The predicted octanol–water partition coefficient (Wildman–Crippen LogP) is 4.14. The van der Waals surface area contributed by atoms with Crippen molar-refractivity contribution in [2.75, 3.05) is 6.54 Å². The average Bonchev–Trinajstić information content (AvgIpc) is 2.78. The monoisotopic (exact) mass is 275 g/mol. The van der Waals surface area contributed by atoms with Crippen LogP contribution in [0.5, 0.6) is 5.75 Å². The number of aryl methyl sites for hydroxylation is 1. The smallest absolute Gasteiger partial charge is 0.119 e. The minimum absolute atomic E-state index is 0.653. The first kappa shape index (κ1) is 14.1. The predicted molar refractivity (Wildman–Crippen MR) is 81.8 cm³/mol. The van der Waals surface area contributed by atoms with Gasteiger partial charge in [-0.15, -0.1) is 11.3 Å². The van der Waals surface area contributed by atoms with Crippen LogP contribution in [0.1, 0.15) is 28.7 Å². The van der Waals surface area contributed by atoms with E-state index in [2.05, 4.69) is 25.2 Å². The van der Waals surface area contributed by atoms with Crippen LogP contribution in [-0.4, -0.2) is 6.54 Å². The summed E-state index contributed by atoms with van der Waals surface area (Å²) in [4.78, 5) is 2.74. The minimum Gasteiger partial charge on any atom is -0.489 e. The molecule has 0 aliphatic rings. The number of hydrogen-bond acceptors (Lipinski definition) is 3. The molecule has 2 rings (SSSR count). The van der Waals surface area contributed by atoms with E-state index in [1.165, 1.54) is 21.7 Å². The molecule has 0 bridgehead atoms. The number of rotatable bonds is 7. The van der Waals surface area contributed by atoms with Gasteiger partial charge < -0.3 is 10.1 Å². The minimum atomic E-state index is 0.653. The Morgan fingerprint density at radius 3 is 2.74 bits per heavy atom. The van der Waals surface area contributed by atoms with Crippen LogP contribution in [-0.2, 0) is 13.2 Å². The first-order valence-electron chi connectivity index (χ1n) is 6.76. The van der Waals surface area contributed by atoms with Crippen LogP contribution in [0.25, 0.3) is 0 Å². The van der Waals surface area contributed by atoms with Gasteiger partial charge in [-0.1, -0.05) is 25.1 Å². The van der Waals surface area contributed by atoms with Gasteiger partial charge in [0.15, 0.2) is 0 Å². The number of para-hydroxylation sites is 1. The summed E-state index contributed by atoms with van der Waals surface area (Å²) >= 11 is 1.86. The van der Waals surface area contributed by atoms with E-state index in [4.69, 9.17) is 4.74 Å². The lowest BCUT2D eigenvalue weighted by Crippen LogP contribution is -2.12. The molecule has 2 aromatic rings. The number of nitrogens with one attached hydrogen (secondary N) is 1. The van der Waals surface area contributed by atoms with Crippen molar-refractivity contribution in [3.8, 4) is 5.75 Å². The molecular formula is C16H21NOS. The van der Waals surface area contributed by atoms with Crippen LogP contribution in [0.2, 0.25) is 0 Å². The van der Waals surface area contributed by atoms with Crippen molar-refractivity contribution in [2.24, 2.45) is 0 Å². The van der Waals surface area contributed by atoms with Gasteiger partial charge in [-0.05, 0) is 38.1 Å². The zero-order valence-electron chi connectivity index (χ0n) is 11.6. The normalized spacial score (nSPS) is 10.6. The molecule has 19 heavy (non-hydrogen) atoms. The fourth-order valence-electron chi connectivity index (χ4n) is 1.88. The lowest BCUT2D eigenvalue weighted by Gasteiger charge is -2.04. The second kappa shape index (κ2) is 7.31.